The number of benzene rings is 4. The van der Waals surface area contributed by atoms with Crippen molar-refractivity contribution in [1.82, 2.24) is 0 Å². The highest BCUT2D eigenvalue weighted by molar-refractivity contribution is 5.92. The number of carbonyl (C=O) groups excluding carboxylic acids is 1. The summed E-state index contributed by atoms with van der Waals surface area (Å²) in [4.78, 5) is 12.4. The minimum Gasteiger partial charge on any atom is -0.326 e. The summed E-state index contributed by atoms with van der Waals surface area (Å²) in [6, 6.07) is 35.2. The van der Waals surface area contributed by atoms with Gasteiger partial charge in [-0.25, -0.2) is 0 Å². The number of nitrogens with zero attached hydrogens (tertiary/aromatic N) is 2. The van der Waals surface area contributed by atoms with Gasteiger partial charge in [0.25, 0.3) is 0 Å². The van der Waals surface area contributed by atoms with Gasteiger partial charge in [-0.2, -0.15) is 10.2 Å². The quantitative estimate of drug-likeness (QED) is 0.355. The molecule has 1 N–H and O–H groups in total. The van der Waals surface area contributed by atoms with E-state index in [-0.39, 0.29) is 5.91 Å². The molecule has 4 aromatic rings. The molecule has 0 fully saturated rings. The Bertz CT molecular complexity index is 1120. The molecule has 146 valence electrons. The van der Waals surface area contributed by atoms with Gasteiger partial charge in [0.1, 0.15) is 0 Å². The van der Waals surface area contributed by atoms with Gasteiger partial charge in [-0.3, -0.25) is 4.79 Å². The summed E-state index contributed by atoms with van der Waals surface area (Å²) in [7, 11) is 0. The van der Waals surface area contributed by atoms with Crippen molar-refractivity contribution in [2.75, 3.05) is 5.32 Å². The predicted octanol–water partition coefficient (Wildman–Crippen LogP) is 6.95. The first-order valence-electron chi connectivity index (χ1n) is 9.77. The maximum Gasteiger partial charge on any atom is 0.228 e. The molecule has 0 bridgehead atoms. The molecule has 0 aliphatic rings. The van der Waals surface area contributed by atoms with E-state index in [0.717, 1.165) is 33.8 Å². The molecule has 0 aliphatic carbocycles. The fraction of sp³-hybridized carbons (Fsp3) is 0.0385. The van der Waals surface area contributed by atoms with Gasteiger partial charge < -0.3 is 5.32 Å². The van der Waals surface area contributed by atoms with Gasteiger partial charge in [-0.05, 0) is 53.1 Å². The molecule has 4 aromatic carbocycles. The Morgan fingerprint density at radius 2 is 1.13 bits per heavy atom. The number of rotatable bonds is 6. The summed E-state index contributed by atoms with van der Waals surface area (Å²) in [5, 5.41) is 11.3. The topological polar surface area (TPSA) is 53.8 Å². The molecular formula is C26H21N3O. The van der Waals surface area contributed by atoms with Crippen LogP contribution in [0.4, 0.5) is 17.1 Å². The third kappa shape index (κ3) is 5.26. The summed E-state index contributed by atoms with van der Waals surface area (Å²) in [6.45, 7) is 0. The number of hydrogen-bond acceptors (Lipinski definition) is 3. The zero-order chi connectivity index (χ0) is 20.6. The minimum absolute atomic E-state index is 0.0545. The van der Waals surface area contributed by atoms with Crippen LogP contribution in [0.1, 0.15) is 5.56 Å². The fourth-order valence-corrected chi connectivity index (χ4v) is 3.06. The molecule has 0 spiro atoms. The lowest BCUT2D eigenvalue weighted by molar-refractivity contribution is -0.115. The van der Waals surface area contributed by atoms with E-state index in [1.165, 1.54) is 0 Å². The van der Waals surface area contributed by atoms with Crippen LogP contribution in [0.3, 0.4) is 0 Å². The molecular weight excluding hydrogens is 370 g/mol. The Kier molecular flexibility index (Phi) is 6.06. The molecule has 0 atom stereocenters. The zero-order valence-corrected chi connectivity index (χ0v) is 16.4. The first-order chi connectivity index (χ1) is 14.8. The smallest absolute Gasteiger partial charge is 0.228 e. The normalized spacial score (nSPS) is 10.8. The molecule has 4 nitrogen and oxygen atoms in total. The van der Waals surface area contributed by atoms with Gasteiger partial charge in [0.15, 0.2) is 0 Å². The Morgan fingerprint density at radius 3 is 1.77 bits per heavy atom. The van der Waals surface area contributed by atoms with Crippen molar-refractivity contribution >= 4 is 23.0 Å². The Labute approximate surface area is 175 Å². The Morgan fingerprint density at radius 1 is 0.600 bits per heavy atom. The van der Waals surface area contributed by atoms with Crippen LogP contribution < -0.4 is 5.32 Å². The molecule has 4 heteroatoms. The molecule has 30 heavy (non-hydrogen) atoms. The number of azo groups is 1. The van der Waals surface area contributed by atoms with Crippen molar-refractivity contribution in [3.8, 4) is 11.1 Å². The average molecular weight is 391 g/mol. The predicted molar refractivity (Wildman–Crippen MR) is 121 cm³/mol. The van der Waals surface area contributed by atoms with Crippen LogP contribution in [0.15, 0.2) is 119 Å². The Hall–Kier alpha value is -4.05. The van der Waals surface area contributed by atoms with Crippen LogP contribution in [0.5, 0.6) is 0 Å². The number of hydrogen-bond donors (Lipinski definition) is 1. The number of anilines is 1. The van der Waals surface area contributed by atoms with Crippen molar-refractivity contribution in [3.05, 3.63) is 115 Å². The van der Waals surface area contributed by atoms with Crippen LogP contribution in [-0.2, 0) is 11.2 Å². The van der Waals surface area contributed by atoms with Crippen LogP contribution in [0.25, 0.3) is 11.1 Å². The molecule has 1 amide bonds. The summed E-state index contributed by atoms with van der Waals surface area (Å²) in [5.41, 5.74) is 5.54. The SMILES string of the molecule is O=C(Cc1ccc(-c2ccccc2)cc1)Nc1ccc(N=Nc2ccccc2)cc1. The maximum absolute atomic E-state index is 12.4. The standard InChI is InChI=1S/C26H21N3O/c30-26(19-20-11-13-22(14-12-20)21-7-3-1-4-8-21)27-23-15-17-25(18-16-23)29-28-24-9-5-2-6-10-24/h1-18H,19H2,(H,27,30). The highest BCUT2D eigenvalue weighted by Crippen LogP contribution is 2.21. The highest BCUT2D eigenvalue weighted by Gasteiger charge is 2.05. The monoisotopic (exact) mass is 391 g/mol. The lowest BCUT2D eigenvalue weighted by atomic mass is 10.0. The van der Waals surface area contributed by atoms with Gasteiger partial charge in [0.2, 0.25) is 5.91 Å². The number of carbonyl (C=O) groups is 1. The lowest BCUT2D eigenvalue weighted by Gasteiger charge is -2.07. The van der Waals surface area contributed by atoms with E-state index >= 15 is 0 Å². The Balaban J connectivity index is 1.33. The summed E-state index contributed by atoms with van der Waals surface area (Å²) >= 11 is 0. The third-order valence-corrected chi connectivity index (χ3v) is 4.61. The number of amides is 1. The van der Waals surface area contributed by atoms with Crippen molar-refractivity contribution in [2.24, 2.45) is 10.2 Å². The second kappa shape index (κ2) is 9.43. The maximum atomic E-state index is 12.4. The molecule has 0 heterocycles. The van der Waals surface area contributed by atoms with Crippen molar-refractivity contribution in [1.29, 1.82) is 0 Å². The summed E-state index contributed by atoms with van der Waals surface area (Å²) in [6.07, 6.45) is 0.324. The fourth-order valence-electron chi connectivity index (χ4n) is 3.06. The molecule has 0 saturated carbocycles. The summed E-state index contributed by atoms with van der Waals surface area (Å²) in [5.74, 6) is -0.0545. The second-order valence-electron chi connectivity index (χ2n) is 6.87. The minimum atomic E-state index is -0.0545. The van der Waals surface area contributed by atoms with Crippen molar-refractivity contribution < 1.29 is 4.79 Å². The molecule has 0 radical (unpaired) electrons. The number of nitrogens with one attached hydrogen (secondary N) is 1. The van der Waals surface area contributed by atoms with E-state index < -0.39 is 0 Å². The van der Waals surface area contributed by atoms with Gasteiger partial charge in [0, 0.05) is 5.69 Å². The molecule has 0 saturated heterocycles. The molecule has 4 rings (SSSR count). The second-order valence-corrected chi connectivity index (χ2v) is 6.87. The first kappa shape index (κ1) is 19.3. The largest absolute Gasteiger partial charge is 0.326 e. The molecule has 0 aromatic heterocycles. The van der Waals surface area contributed by atoms with Crippen LogP contribution in [-0.4, -0.2) is 5.91 Å². The van der Waals surface area contributed by atoms with E-state index in [2.05, 4.69) is 27.7 Å². The van der Waals surface area contributed by atoms with Crippen LogP contribution >= 0.6 is 0 Å². The van der Waals surface area contributed by atoms with E-state index in [1.54, 1.807) is 0 Å². The summed E-state index contributed by atoms with van der Waals surface area (Å²) < 4.78 is 0. The van der Waals surface area contributed by atoms with Crippen LogP contribution in [0.2, 0.25) is 0 Å². The van der Waals surface area contributed by atoms with Gasteiger partial charge in [0.05, 0.1) is 17.8 Å². The van der Waals surface area contributed by atoms with Crippen molar-refractivity contribution in [3.63, 3.8) is 0 Å². The van der Waals surface area contributed by atoms with Gasteiger partial charge in [-0.15, -0.1) is 0 Å². The van der Waals surface area contributed by atoms with Gasteiger partial charge in [-0.1, -0.05) is 72.8 Å². The lowest BCUT2D eigenvalue weighted by Crippen LogP contribution is -2.14. The van der Waals surface area contributed by atoms with Crippen LogP contribution in [0, 0.1) is 0 Å². The zero-order valence-electron chi connectivity index (χ0n) is 16.4. The first-order valence-corrected chi connectivity index (χ1v) is 9.77. The van der Waals surface area contributed by atoms with Crippen molar-refractivity contribution in [2.45, 2.75) is 6.42 Å². The average Bonchev–Trinajstić information content (AvgIpc) is 2.80. The molecule has 0 unspecified atom stereocenters. The highest BCUT2D eigenvalue weighted by atomic mass is 16.1. The molecule has 0 aliphatic heterocycles. The van der Waals surface area contributed by atoms with E-state index in [9.17, 15) is 4.79 Å². The van der Waals surface area contributed by atoms with E-state index in [0.29, 0.717) is 6.42 Å². The van der Waals surface area contributed by atoms with Gasteiger partial charge >= 0.3 is 0 Å². The third-order valence-electron chi connectivity index (χ3n) is 4.61. The van der Waals surface area contributed by atoms with E-state index in [1.807, 2.05) is 97.1 Å². The van der Waals surface area contributed by atoms with E-state index in [4.69, 9.17) is 0 Å².